The Morgan fingerprint density at radius 1 is 1.38 bits per heavy atom. The lowest BCUT2D eigenvalue weighted by Crippen LogP contribution is -2.20. The van der Waals surface area contributed by atoms with Crippen LogP contribution in [0.25, 0.3) is 0 Å². The molecule has 0 amide bonds. The van der Waals surface area contributed by atoms with E-state index in [1.807, 2.05) is 0 Å². The summed E-state index contributed by atoms with van der Waals surface area (Å²) in [6, 6.07) is 5.74. The van der Waals surface area contributed by atoms with Gasteiger partial charge in [0.25, 0.3) is 10.0 Å². The highest BCUT2D eigenvalue weighted by molar-refractivity contribution is 7.93. The Labute approximate surface area is 92.5 Å². The van der Waals surface area contributed by atoms with Gasteiger partial charge in [0.1, 0.15) is 0 Å². The fourth-order valence-corrected chi connectivity index (χ4v) is 1.64. The van der Waals surface area contributed by atoms with Crippen molar-refractivity contribution >= 4 is 15.7 Å². The zero-order valence-electron chi connectivity index (χ0n) is 8.52. The standard InChI is InChI=1S/C9H12F2N2O2S/c1-6(12)7-3-2-4-8(5-7)13-16(14,15)9(10)11/h2-6,9,13H,12H2,1H3. The molecular formula is C9H12F2N2O2S. The van der Waals surface area contributed by atoms with Crippen molar-refractivity contribution in [1.29, 1.82) is 0 Å². The summed E-state index contributed by atoms with van der Waals surface area (Å²) >= 11 is 0. The van der Waals surface area contributed by atoms with E-state index in [-0.39, 0.29) is 11.7 Å². The van der Waals surface area contributed by atoms with Crippen LogP contribution >= 0.6 is 0 Å². The molecule has 0 saturated carbocycles. The zero-order chi connectivity index (χ0) is 12.3. The first-order valence-corrected chi connectivity index (χ1v) is 6.03. The lowest BCUT2D eigenvalue weighted by atomic mass is 10.1. The van der Waals surface area contributed by atoms with Gasteiger partial charge in [0.05, 0.1) is 0 Å². The Bertz CT molecular complexity index is 460. The predicted molar refractivity (Wildman–Crippen MR) is 57.6 cm³/mol. The Hall–Kier alpha value is -1.21. The van der Waals surface area contributed by atoms with Crippen LogP contribution in [0.3, 0.4) is 0 Å². The van der Waals surface area contributed by atoms with Crippen molar-refractivity contribution in [3.8, 4) is 0 Å². The van der Waals surface area contributed by atoms with Crippen molar-refractivity contribution in [1.82, 2.24) is 0 Å². The fourth-order valence-electron chi connectivity index (χ4n) is 1.09. The largest absolute Gasteiger partial charge is 0.355 e. The van der Waals surface area contributed by atoms with Gasteiger partial charge in [0, 0.05) is 11.7 Å². The minimum Gasteiger partial charge on any atom is -0.324 e. The summed E-state index contributed by atoms with van der Waals surface area (Å²) in [4.78, 5) is 0. The van der Waals surface area contributed by atoms with Gasteiger partial charge < -0.3 is 5.73 Å². The Kier molecular flexibility index (Phi) is 3.82. The summed E-state index contributed by atoms with van der Waals surface area (Å²) in [7, 11) is -4.62. The minimum absolute atomic E-state index is 0.0788. The van der Waals surface area contributed by atoms with Crippen LogP contribution in [-0.4, -0.2) is 14.2 Å². The summed E-state index contributed by atoms with van der Waals surface area (Å²) in [6.45, 7) is 1.71. The summed E-state index contributed by atoms with van der Waals surface area (Å²) in [6.07, 6.45) is 0. The topological polar surface area (TPSA) is 72.2 Å². The van der Waals surface area contributed by atoms with Crippen LogP contribution in [0.15, 0.2) is 24.3 Å². The van der Waals surface area contributed by atoms with Gasteiger partial charge in [0.15, 0.2) is 0 Å². The minimum atomic E-state index is -4.62. The first kappa shape index (κ1) is 12.9. The van der Waals surface area contributed by atoms with Gasteiger partial charge in [-0.25, -0.2) is 8.42 Å². The summed E-state index contributed by atoms with van der Waals surface area (Å²) in [5, 5.41) is 0. The molecule has 3 N–H and O–H groups in total. The second kappa shape index (κ2) is 4.75. The molecule has 4 nitrogen and oxygen atoms in total. The maximum Gasteiger partial charge on any atom is 0.355 e. The summed E-state index contributed by atoms with van der Waals surface area (Å²) in [5.74, 6) is -3.45. The van der Waals surface area contributed by atoms with Gasteiger partial charge in [-0.15, -0.1) is 0 Å². The second-order valence-electron chi connectivity index (χ2n) is 3.32. The number of nitrogens with one attached hydrogen (secondary N) is 1. The molecule has 1 unspecified atom stereocenters. The van der Waals surface area contributed by atoms with Crippen molar-refractivity contribution < 1.29 is 17.2 Å². The monoisotopic (exact) mass is 250 g/mol. The number of alkyl halides is 2. The Balaban J connectivity index is 2.95. The van der Waals surface area contributed by atoms with Crippen molar-refractivity contribution in [3.63, 3.8) is 0 Å². The van der Waals surface area contributed by atoms with E-state index in [9.17, 15) is 17.2 Å². The van der Waals surface area contributed by atoms with Crippen molar-refractivity contribution in [2.75, 3.05) is 4.72 Å². The molecule has 0 aliphatic rings. The van der Waals surface area contributed by atoms with Gasteiger partial charge in [0.2, 0.25) is 0 Å². The highest BCUT2D eigenvalue weighted by Crippen LogP contribution is 2.18. The molecule has 0 spiro atoms. The van der Waals surface area contributed by atoms with Crippen LogP contribution in [0.1, 0.15) is 18.5 Å². The third-order valence-electron chi connectivity index (χ3n) is 1.91. The van der Waals surface area contributed by atoms with Crippen molar-refractivity contribution in [2.45, 2.75) is 18.7 Å². The maximum atomic E-state index is 12.1. The number of hydrogen-bond donors (Lipinski definition) is 2. The summed E-state index contributed by atoms with van der Waals surface area (Å²) < 4.78 is 47.7. The Morgan fingerprint density at radius 3 is 2.50 bits per heavy atom. The molecule has 0 fully saturated rings. The van der Waals surface area contributed by atoms with E-state index < -0.39 is 15.8 Å². The number of benzene rings is 1. The summed E-state index contributed by atoms with van der Waals surface area (Å²) in [5.41, 5.74) is 6.32. The van der Waals surface area contributed by atoms with E-state index in [0.717, 1.165) is 0 Å². The molecule has 1 aromatic rings. The van der Waals surface area contributed by atoms with Crippen LogP contribution in [-0.2, 0) is 10.0 Å². The van der Waals surface area contributed by atoms with Gasteiger partial charge in [-0.1, -0.05) is 12.1 Å². The van der Waals surface area contributed by atoms with E-state index in [1.165, 1.54) is 12.1 Å². The first-order valence-electron chi connectivity index (χ1n) is 4.48. The van der Waals surface area contributed by atoms with E-state index >= 15 is 0 Å². The quantitative estimate of drug-likeness (QED) is 0.853. The second-order valence-corrected chi connectivity index (χ2v) is 4.97. The van der Waals surface area contributed by atoms with Gasteiger partial charge in [-0.2, -0.15) is 8.78 Å². The number of hydrogen-bond acceptors (Lipinski definition) is 3. The van der Waals surface area contributed by atoms with E-state index in [1.54, 1.807) is 23.8 Å². The van der Waals surface area contributed by atoms with Gasteiger partial charge in [-0.3, -0.25) is 4.72 Å². The third kappa shape index (κ3) is 3.14. The van der Waals surface area contributed by atoms with Gasteiger partial charge in [-0.05, 0) is 24.6 Å². The number of anilines is 1. The Morgan fingerprint density at radius 2 is 2.00 bits per heavy atom. The third-order valence-corrected chi connectivity index (χ3v) is 2.90. The van der Waals surface area contributed by atoms with Gasteiger partial charge >= 0.3 is 5.76 Å². The van der Waals surface area contributed by atoms with Crippen LogP contribution < -0.4 is 10.5 Å². The van der Waals surface area contributed by atoms with E-state index in [0.29, 0.717) is 5.56 Å². The molecule has 1 atom stereocenters. The van der Waals surface area contributed by atoms with Crippen LogP contribution in [0, 0.1) is 0 Å². The maximum absolute atomic E-state index is 12.1. The molecule has 0 heterocycles. The van der Waals surface area contributed by atoms with Crippen molar-refractivity contribution in [3.05, 3.63) is 29.8 Å². The van der Waals surface area contributed by atoms with Crippen molar-refractivity contribution in [2.24, 2.45) is 5.73 Å². The SMILES string of the molecule is CC(N)c1cccc(NS(=O)(=O)C(F)F)c1. The molecule has 0 aliphatic heterocycles. The number of nitrogens with two attached hydrogens (primary N) is 1. The molecule has 0 radical (unpaired) electrons. The molecule has 7 heteroatoms. The normalized spacial score (nSPS) is 13.8. The molecule has 1 rings (SSSR count). The number of halogens is 2. The molecular weight excluding hydrogens is 238 g/mol. The molecule has 0 aromatic heterocycles. The molecule has 1 aromatic carbocycles. The van der Waals surface area contributed by atoms with Crippen LogP contribution in [0.5, 0.6) is 0 Å². The lowest BCUT2D eigenvalue weighted by molar-refractivity contribution is 0.236. The average molecular weight is 250 g/mol. The molecule has 90 valence electrons. The molecule has 0 bridgehead atoms. The molecule has 0 aliphatic carbocycles. The molecule has 0 saturated heterocycles. The van der Waals surface area contributed by atoms with E-state index in [2.05, 4.69) is 0 Å². The lowest BCUT2D eigenvalue weighted by Gasteiger charge is -2.10. The predicted octanol–water partition coefficient (Wildman–Crippen LogP) is 1.67. The first-order chi connectivity index (χ1) is 7.33. The fraction of sp³-hybridized carbons (Fsp3) is 0.333. The highest BCUT2D eigenvalue weighted by Gasteiger charge is 2.23. The zero-order valence-corrected chi connectivity index (χ0v) is 9.34. The average Bonchev–Trinajstić information content (AvgIpc) is 2.17. The van der Waals surface area contributed by atoms with Crippen LogP contribution in [0.2, 0.25) is 0 Å². The molecule has 16 heavy (non-hydrogen) atoms. The highest BCUT2D eigenvalue weighted by atomic mass is 32.2. The number of sulfonamides is 1. The van der Waals surface area contributed by atoms with Crippen LogP contribution in [0.4, 0.5) is 14.5 Å². The number of rotatable bonds is 4. The smallest absolute Gasteiger partial charge is 0.324 e. The van der Waals surface area contributed by atoms with E-state index in [4.69, 9.17) is 5.73 Å².